The molecule has 1 aliphatic heterocycles. The molecule has 2 aromatic rings. The van der Waals surface area contributed by atoms with Crippen LogP contribution in [0.5, 0.6) is 0 Å². The molecular formula is C13H11BrFN5O2S. The van der Waals surface area contributed by atoms with Crippen molar-refractivity contribution in [2.75, 3.05) is 12.3 Å². The molecule has 1 aromatic heterocycles. The Hall–Kier alpha value is -1.78. The van der Waals surface area contributed by atoms with E-state index in [2.05, 4.69) is 36.8 Å². The lowest BCUT2D eigenvalue weighted by Crippen LogP contribution is -2.22. The van der Waals surface area contributed by atoms with Crippen molar-refractivity contribution >= 4 is 39.3 Å². The minimum Gasteiger partial charge on any atom is -0.330 e. The van der Waals surface area contributed by atoms with E-state index in [1.165, 1.54) is 23.9 Å². The van der Waals surface area contributed by atoms with E-state index in [9.17, 15) is 9.18 Å². The molecule has 3 rings (SSSR count). The average Bonchev–Trinajstić information content (AvgIpc) is 3.14. The van der Waals surface area contributed by atoms with E-state index < -0.39 is 11.7 Å². The van der Waals surface area contributed by atoms with Gasteiger partial charge in [0.25, 0.3) is 5.91 Å². The summed E-state index contributed by atoms with van der Waals surface area (Å²) >= 11 is 4.48. The molecule has 0 saturated carbocycles. The number of halogens is 2. The Kier molecular flexibility index (Phi) is 4.74. The lowest BCUT2D eigenvalue weighted by molar-refractivity contribution is -0.120. The summed E-state index contributed by atoms with van der Waals surface area (Å²) in [5.74, 6) is -0.817. The second kappa shape index (κ2) is 6.77. The molecule has 0 aliphatic carbocycles. The summed E-state index contributed by atoms with van der Waals surface area (Å²) in [6.45, 7) is 0.467. The van der Waals surface area contributed by atoms with Crippen molar-refractivity contribution in [3.63, 3.8) is 0 Å². The van der Waals surface area contributed by atoms with Crippen molar-refractivity contribution in [2.24, 2.45) is 10.8 Å². The molecule has 0 saturated heterocycles. The van der Waals surface area contributed by atoms with Gasteiger partial charge in [0.15, 0.2) is 10.7 Å². The van der Waals surface area contributed by atoms with Crippen LogP contribution in [-0.4, -0.2) is 34.2 Å². The molecule has 7 nitrogen and oxygen atoms in total. The highest BCUT2D eigenvalue weighted by Crippen LogP contribution is 2.31. The van der Waals surface area contributed by atoms with Crippen LogP contribution in [0.25, 0.3) is 0 Å². The van der Waals surface area contributed by atoms with Gasteiger partial charge >= 0.3 is 0 Å². The molecule has 1 amide bonds. The van der Waals surface area contributed by atoms with Gasteiger partial charge in [-0.05, 0) is 43.9 Å². The third-order valence-corrected chi connectivity index (χ3v) is 4.75. The number of amides is 1. The number of nitrogens with zero attached hydrogens (tertiary/aromatic N) is 3. The molecule has 0 spiro atoms. The number of hydrazone groups is 1. The van der Waals surface area contributed by atoms with E-state index in [0.29, 0.717) is 34.3 Å². The summed E-state index contributed by atoms with van der Waals surface area (Å²) in [6, 6.07) is 4.36. The third-order valence-electron chi connectivity index (χ3n) is 3.16. The van der Waals surface area contributed by atoms with Crippen LogP contribution in [0.1, 0.15) is 17.2 Å². The largest absolute Gasteiger partial charge is 0.330 e. The van der Waals surface area contributed by atoms with E-state index in [-0.39, 0.29) is 10.4 Å². The Morgan fingerprint density at radius 1 is 1.43 bits per heavy atom. The van der Waals surface area contributed by atoms with Gasteiger partial charge in [-0.1, -0.05) is 17.8 Å². The normalized spacial score (nSPS) is 17.3. The number of nitrogens with one attached hydrogen (secondary N) is 1. The first kappa shape index (κ1) is 16.1. The molecule has 10 heteroatoms. The highest BCUT2D eigenvalue weighted by Gasteiger charge is 2.36. The average molecular weight is 400 g/mol. The number of thioether (sulfide) groups is 1. The van der Waals surface area contributed by atoms with Gasteiger partial charge in [-0.3, -0.25) is 4.79 Å². The smallest absolute Gasteiger partial charge is 0.253 e. The van der Waals surface area contributed by atoms with Crippen molar-refractivity contribution in [3.05, 3.63) is 39.7 Å². The van der Waals surface area contributed by atoms with Crippen molar-refractivity contribution < 1.29 is 13.8 Å². The van der Waals surface area contributed by atoms with Gasteiger partial charge in [-0.2, -0.15) is 5.10 Å². The van der Waals surface area contributed by atoms with Crippen molar-refractivity contribution in [3.8, 4) is 0 Å². The van der Waals surface area contributed by atoms with E-state index in [4.69, 9.17) is 10.4 Å². The minimum atomic E-state index is -0.712. The highest BCUT2D eigenvalue weighted by atomic mass is 79.9. The molecule has 0 bridgehead atoms. The van der Waals surface area contributed by atoms with Crippen LogP contribution in [0.15, 0.2) is 37.4 Å². The summed E-state index contributed by atoms with van der Waals surface area (Å²) in [7, 11) is 0. The first-order chi connectivity index (χ1) is 11.1. The fourth-order valence-corrected chi connectivity index (χ4v) is 3.22. The summed E-state index contributed by atoms with van der Waals surface area (Å²) in [6.07, 6.45) is 0. The molecule has 120 valence electrons. The van der Waals surface area contributed by atoms with Crippen LogP contribution in [0.3, 0.4) is 0 Å². The lowest BCUT2D eigenvalue weighted by atomic mass is 9.93. The molecule has 3 N–H and O–H groups in total. The van der Waals surface area contributed by atoms with E-state index in [1.807, 2.05) is 0 Å². The van der Waals surface area contributed by atoms with Gasteiger partial charge in [0, 0.05) is 12.3 Å². The Morgan fingerprint density at radius 3 is 3.00 bits per heavy atom. The number of nitrogens with two attached hydrogens (primary N) is 1. The molecule has 1 aliphatic rings. The van der Waals surface area contributed by atoms with Crippen LogP contribution < -0.4 is 11.2 Å². The third kappa shape index (κ3) is 3.14. The topological polar surface area (TPSA) is 106 Å². The van der Waals surface area contributed by atoms with Gasteiger partial charge in [0.1, 0.15) is 17.4 Å². The molecule has 1 atom stereocenters. The van der Waals surface area contributed by atoms with Crippen LogP contribution in [0, 0.1) is 5.82 Å². The molecule has 1 unspecified atom stereocenters. The summed E-state index contributed by atoms with van der Waals surface area (Å²) in [4.78, 5) is 12.2. The zero-order valence-corrected chi connectivity index (χ0v) is 14.0. The minimum absolute atomic E-state index is 0.269. The van der Waals surface area contributed by atoms with E-state index in [1.54, 1.807) is 6.07 Å². The van der Waals surface area contributed by atoms with Gasteiger partial charge in [0.05, 0.1) is 4.47 Å². The van der Waals surface area contributed by atoms with Crippen LogP contribution >= 0.6 is 27.7 Å². The zero-order chi connectivity index (χ0) is 16.4. The van der Waals surface area contributed by atoms with E-state index >= 15 is 0 Å². The van der Waals surface area contributed by atoms with Crippen molar-refractivity contribution in [2.45, 2.75) is 10.9 Å². The monoisotopic (exact) mass is 399 g/mol. The number of benzene rings is 1. The SMILES string of the molecule is NCCSc1nonc1C1=NNC(=O)C1c1ccc(F)c(Br)c1. The number of carbonyl (C=O) groups is 1. The number of rotatable bonds is 5. The zero-order valence-electron chi connectivity index (χ0n) is 11.6. The molecule has 2 heterocycles. The van der Waals surface area contributed by atoms with Crippen molar-refractivity contribution in [1.29, 1.82) is 0 Å². The predicted molar refractivity (Wildman–Crippen MR) is 85.6 cm³/mol. The Morgan fingerprint density at radius 2 is 2.26 bits per heavy atom. The Bertz CT molecular complexity index is 781. The molecular weight excluding hydrogens is 389 g/mol. The number of hydrogen-bond donors (Lipinski definition) is 2. The standard InChI is InChI=1S/C13H11BrFN5O2S/c14-7-5-6(1-2-8(7)15)9-10(17-18-12(9)21)11-13(20-22-19-11)23-4-3-16/h1-2,5,9H,3-4,16H2,(H,18,21). The second-order valence-corrected chi connectivity index (χ2v) is 6.57. The number of aromatic nitrogens is 2. The van der Waals surface area contributed by atoms with Crippen LogP contribution in [0.2, 0.25) is 0 Å². The fourth-order valence-electron chi connectivity index (χ4n) is 2.15. The molecule has 23 heavy (non-hydrogen) atoms. The van der Waals surface area contributed by atoms with Gasteiger partial charge in [-0.25, -0.2) is 14.4 Å². The van der Waals surface area contributed by atoms with Gasteiger partial charge in [0.2, 0.25) is 0 Å². The first-order valence-electron chi connectivity index (χ1n) is 6.60. The molecule has 0 radical (unpaired) electrons. The predicted octanol–water partition coefficient (Wildman–Crippen LogP) is 1.64. The summed E-state index contributed by atoms with van der Waals surface area (Å²) < 4.78 is 18.5. The Labute approximate surface area is 143 Å². The van der Waals surface area contributed by atoms with Gasteiger partial charge < -0.3 is 5.73 Å². The summed E-state index contributed by atoms with van der Waals surface area (Å²) in [5.41, 5.74) is 9.26. The maximum absolute atomic E-state index is 13.4. The second-order valence-electron chi connectivity index (χ2n) is 4.63. The van der Waals surface area contributed by atoms with Gasteiger partial charge in [-0.15, -0.1) is 0 Å². The maximum atomic E-state index is 13.4. The van der Waals surface area contributed by atoms with E-state index in [0.717, 1.165) is 0 Å². The molecule has 1 aromatic carbocycles. The maximum Gasteiger partial charge on any atom is 0.253 e. The fraction of sp³-hybridized carbons (Fsp3) is 0.231. The summed E-state index contributed by atoms with van der Waals surface area (Å²) in [5, 5.41) is 12.2. The highest BCUT2D eigenvalue weighted by molar-refractivity contribution is 9.10. The van der Waals surface area contributed by atoms with Crippen molar-refractivity contribution in [1.82, 2.24) is 15.7 Å². The lowest BCUT2D eigenvalue weighted by Gasteiger charge is -2.10. The quantitative estimate of drug-likeness (QED) is 0.740. The first-order valence-corrected chi connectivity index (χ1v) is 8.38. The molecule has 0 fully saturated rings. The van der Waals surface area contributed by atoms with Crippen LogP contribution in [-0.2, 0) is 4.79 Å². The number of hydrogen-bond acceptors (Lipinski definition) is 7. The van der Waals surface area contributed by atoms with Crippen LogP contribution in [0.4, 0.5) is 4.39 Å². The Balaban J connectivity index is 1.97. The number of carbonyl (C=O) groups excluding carboxylic acids is 1.